The molecule has 2 aliphatic rings. The third-order valence-electron chi connectivity index (χ3n) is 5.13. The number of morpholine rings is 1. The Morgan fingerprint density at radius 3 is 2.47 bits per heavy atom. The number of carbonyl (C=O) groups excluding carboxylic acids is 1. The van der Waals surface area contributed by atoms with Crippen molar-refractivity contribution >= 4 is 52.4 Å². The number of amides is 1. The van der Waals surface area contributed by atoms with E-state index in [0.29, 0.717) is 42.4 Å². The van der Waals surface area contributed by atoms with Crippen LogP contribution < -0.4 is 9.80 Å². The van der Waals surface area contributed by atoms with E-state index in [9.17, 15) is 4.79 Å². The summed E-state index contributed by atoms with van der Waals surface area (Å²) in [6.45, 7) is 5.81. The summed E-state index contributed by atoms with van der Waals surface area (Å²) in [6, 6.07) is 9.69. The number of benzene rings is 1. The van der Waals surface area contributed by atoms with Gasteiger partial charge in [-0.15, -0.1) is 0 Å². The van der Waals surface area contributed by atoms with Crippen LogP contribution in [0.3, 0.4) is 0 Å². The molecule has 3 heterocycles. The van der Waals surface area contributed by atoms with Gasteiger partial charge in [0, 0.05) is 56.0 Å². The van der Waals surface area contributed by atoms with Crippen molar-refractivity contribution in [1.82, 2.24) is 14.9 Å². The van der Waals surface area contributed by atoms with Crippen LogP contribution in [-0.4, -0.2) is 79.0 Å². The molecule has 2 fully saturated rings. The van der Waals surface area contributed by atoms with Crippen LogP contribution in [0.5, 0.6) is 0 Å². The number of thioether (sulfide) groups is 1. The lowest BCUT2D eigenvalue weighted by atomic mass is 10.2. The van der Waals surface area contributed by atoms with Crippen LogP contribution in [0.25, 0.3) is 0 Å². The maximum absolute atomic E-state index is 12.4. The van der Waals surface area contributed by atoms with Crippen LogP contribution in [0.15, 0.2) is 35.5 Å². The molecule has 7 nitrogen and oxygen atoms in total. The number of halogens is 2. The number of aromatic nitrogens is 2. The minimum absolute atomic E-state index is 0.0727. The normalized spacial score (nSPS) is 17.3. The number of ether oxygens (including phenoxy) is 1. The fourth-order valence-electron chi connectivity index (χ4n) is 3.51. The molecule has 1 aromatic heterocycles. The summed E-state index contributed by atoms with van der Waals surface area (Å²) in [5, 5.41) is 1.65. The first-order valence-corrected chi connectivity index (χ1v) is 11.6. The Bertz CT molecular complexity index is 889. The fourth-order valence-corrected chi connectivity index (χ4v) is 4.68. The first kappa shape index (κ1) is 21.5. The lowest BCUT2D eigenvalue weighted by molar-refractivity contribution is -0.132. The number of rotatable bonds is 5. The Labute approximate surface area is 190 Å². The lowest BCUT2D eigenvalue weighted by Crippen LogP contribution is -2.46. The molecule has 30 heavy (non-hydrogen) atoms. The van der Waals surface area contributed by atoms with Crippen LogP contribution in [0, 0.1) is 0 Å². The molecule has 160 valence electrons. The summed E-state index contributed by atoms with van der Waals surface area (Å²) < 4.78 is 5.29. The van der Waals surface area contributed by atoms with E-state index in [1.54, 1.807) is 6.07 Å². The first-order chi connectivity index (χ1) is 14.6. The highest BCUT2D eigenvalue weighted by Gasteiger charge is 2.21. The Morgan fingerprint density at radius 2 is 1.73 bits per heavy atom. The minimum Gasteiger partial charge on any atom is -0.378 e. The molecule has 0 saturated carbocycles. The van der Waals surface area contributed by atoms with Crippen LogP contribution in [0.1, 0.15) is 0 Å². The van der Waals surface area contributed by atoms with Gasteiger partial charge < -0.3 is 19.4 Å². The number of carbonyl (C=O) groups is 1. The average Bonchev–Trinajstić information content (AvgIpc) is 2.78. The predicted molar refractivity (Wildman–Crippen MR) is 121 cm³/mol. The summed E-state index contributed by atoms with van der Waals surface area (Å²) in [7, 11) is 0. The highest BCUT2D eigenvalue weighted by atomic mass is 35.5. The third kappa shape index (κ3) is 5.49. The van der Waals surface area contributed by atoms with Crippen LogP contribution >= 0.6 is 35.0 Å². The van der Waals surface area contributed by atoms with E-state index in [1.165, 1.54) is 11.8 Å². The van der Waals surface area contributed by atoms with Crippen LogP contribution in [0.2, 0.25) is 10.2 Å². The Kier molecular flexibility index (Phi) is 7.20. The smallest absolute Gasteiger partial charge is 0.233 e. The van der Waals surface area contributed by atoms with Gasteiger partial charge in [0.15, 0.2) is 5.16 Å². The Morgan fingerprint density at radius 1 is 1.00 bits per heavy atom. The predicted octanol–water partition coefficient (Wildman–Crippen LogP) is 3.06. The topological polar surface area (TPSA) is 61.8 Å². The van der Waals surface area contributed by atoms with E-state index >= 15 is 0 Å². The molecule has 0 N–H and O–H groups in total. The van der Waals surface area contributed by atoms with Crippen molar-refractivity contribution in [2.24, 2.45) is 0 Å². The molecule has 0 unspecified atom stereocenters. The molecule has 1 amide bonds. The third-order valence-corrected chi connectivity index (χ3v) is 6.39. The van der Waals surface area contributed by atoms with Gasteiger partial charge in [-0.25, -0.2) is 9.97 Å². The second kappa shape index (κ2) is 10.0. The van der Waals surface area contributed by atoms with Crippen molar-refractivity contribution in [1.29, 1.82) is 0 Å². The number of piperazine rings is 1. The maximum atomic E-state index is 12.4. The molecule has 2 aliphatic heterocycles. The average molecular weight is 468 g/mol. The van der Waals surface area contributed by atoms with E-state index < -0.39 is 0 Å². The molecule has 0 aliphatic carbocycles. The molecule has 0 atom stereocenters. The zero-order valence-corrected chi connectivity index (χ0v) is 18.8. The van der Waals surface area contributed by atoms with Crippen molar-refractivity contribution in [3.63, 3.8) is 0 Å². The summed E-state index contributed by atoms with van der Waals surface area (Å²) in [6.07, 6.45) is 0. The number of nitrogens with zero attached hydrogens (tertiary/aromatic N) is 5. The van der Waals surface area contributed by atoms with Gasteiger partial charge in [-0.05, 0) is 18.2 Å². The SMILES string of the molecule is O=C(CSc1nc(Cl)cc(N2CCN(c3cccc(Cl)c3)CC2)n1)N1CCOCC1. The van der Waals surface area contributed by atoms with Gasteiger partial charge in [0.25, 0.3) is 0 Å². The van der Waals surface area contributed by atoms with E-state index in [1.807, 2.05) is 23.1 Å². The van der Waals surface area contributed by atoms with Crippen molar-refractivity contribution in [2.75, 3.05) is 68.0 Å². The van der Waals surface area contributed by atoms with Crippen molar-refractivity contribution in [3.05, 3.63) is 40.5 Å². The zero-order chi connectivity index (χ0) is 20.9. The molecule has 0 radical (unpaired) electrons. The van der Waals surface area contributed by atoms with Crippen LogP contribution in [0.4, 0.5) is 11.5 Å². The molecular formula is C20H23Cl2N5O2S. The van der Waals surface area contributed by atoms with Gasteiger partial charge in [0.1, 0.15) is 11.0 Å². The number of hydrogen-bond acceptors (Lipinski definition) is 7. The second-order valence-corrected chi connectivity index (χ2v) is 8.83. The zero-order valence-electron chi connectivity index (χ0n) is 16.5. The minimum atomic E-state index is 0.0727. The van der Waals surface area contributed by atoms with E-state index in [0.717, 1.165) is 42.7 Å². The Balaban J connectivity index is 1.35. The maximum Gasteiger partial charge on any atom is 0.233 e. The molecule has 2 aromatic rings. The standard InChI is InChI=1S/C20H23Cl2N5O2S/c21-15-2-1-3-16(12-15)25-4-6-26(7-5-25)18-13-17(22)23-20(24-18)30-14-19(28)27-8-10-29-11-9-27/h1-3,12-13H,4-11,14H2. The van der Waals surface area contributed by atoms with Gasteiger partial charge in [-0.3, -0.25) is 4.79 Å². The molecule has 1 aromatic carbocycles. The monoisotopic (exact) mass is 467 g/mol. The van der Waals surface area contributed by atoms with Crippen molar-refractivity contribution in [3.8, 4) is 0 Å². The summed E-state index contributed by atoms with van der Waals surface area (Å²) in [4.78, 5) is 27.6. The van der Waals surface area contributed by atoms with Gasteiger partial charge in [0.05, 0.1) is 19.0 Å². The lowest BCUT2D eigenvalue weighted by Gasteiger charge is -2.36. The first-order valence-electron chi connectivity index (χ1n) is 9.87. The Hall–Kier alpha value is -1.74. The van der Waals surface area contributed by atoms with Gasteiger partial charge >= 0.3 is 0 Å². The van der Waals surface area contributed by atoms with Gasteiger partial charge in [0.2, 0.25) is 5.91 Å². The summed E-state index contributed by atoms with van der Waals surface area (Å²) in [5.74, 6) is 1.16. The molecular weight excluding hydrogens is 445 g/mol. The quantitative estimate of drug-likeness (QED) is 0.380. The molecule has 4 rings (SSSR count). The molecule has 10 heteroatoms. The molecule has 2 saturated heterocycles. The van der Waals surface area contributed by atoms with Gasteiger partial charge in [-0.1, -0.05) is 41.0 Å². The second-order valence-electron chi connectivity index (χ2n) is 7.07. The fraction of sp³-hybridized carbons (Fsp3) is 0.450. The van der Waals surface area contributed by atoms with Crippen LogP contribution in [-0.2, 0) is 9.53 Å². The largest absolute Gasteiger partial charge is 0.378 e. The molecule has 0 spiro atoms. The van der Waals surface area contributed by atoms with E-state index in [2.05, 4.69) is 25.8 Å². The molecule has 0 bridgehead atoms. The van der Waals surface area contributed by atoms with Crippen molar-refractivity contribution < 1.29 is 9.53 Å². The highest BCUT2D eigenvalue weighted by molar-refractivity contribution is 7.99. The van der Waals surface area contributed by atoms with Crippen molar-refractivity contribution in [2.45, 2.75) is 5.16 Å². The van der Waals surface area contributed by atoms with E-state index in [-0.39, 0.29) is 5.91 Å². The van der Waals surface area contributed by atoms with Gasteiger partial charge in [-0.2, -0.15) is 0 Å². The number of hydrogen-bond donors (Lipinski definition) is 0. The summed E-state index contributed by atoms with van der Waals surface area (Å²) in [5.41, 5.74) is 1.13. The highest BCUT2D eigenvalue weighted by Crippen LogP contribution is 2.25. The van der Waals surface area contributed by atoms with E-state index in [4.69, 9.17) is 27.9 Å². The summed E-state index contributed by atoms with van der Waals surface area (Å²) >= 11 is 13.7. The number of anilines is 2.